The fraction of sp³-hybridized carbons (Fsp3) is 1.00. The van der Waals surface area contributed by atoms with Crippen LogP contribution < -0.4 is 10.6 Å². The molecule has 0 aromatic carbocycles. The van der Waals surface area contributed by atoms with E-state index in [0.29, 0.717) is 4.05 Å². The van der Waals surface area contributed by atoms with Crippen molar-refractivity contribution in [3.05, 3.63) is 0 Å². The highest BCUT2D eigenvalue weighted by Crippen LogP contribution is 1.94. The highest BCUT2D eigenvalue weighted by molar-refractivity contribution is 14.1. The normalized spacial score (nSPS) is 33.0. The number of rotatable bonds is 0. The monoisotopic (exact) mass is 212 g/mol. The number of piperazine rings is 1. The number of hydrogen-bond acceptors (Lipinski definition) is 2. The van der Waals surface area contributed by atoms with Crippen LogP contribution in [0.2, 0.25) is 0 Å². The Morgan fingerprint density at radius 3 is 2.57 bits per heavy atom. The number of hydrogen-bond donors (Lipinski definition) is 2. The van der Waals surface area contributed by atoms with Crippen molar-refractivity contribution in [3.8, 4) is 0 Å². The van der Waals surface area contributed by atoms with E-state index >= 15 is 0 Å². The molecule has 0 aromatic heterocycles. The zero-order valence-electron chi connectivity index (χ0n) is 4.08. The van der Waals surface area contributed by atoms with Crippen LogP contribution in [0.15, 0.2) is 0 Å². The SMILES string of the molecule is I[C@H]1CNCCN1. The molecule has 1 aliphatic rings. The largest absolute Gasteiger partial charge is 0.313 e. The van der Waals surface area contributed by atoms with Gasteiger partial charge >= 0.3 is 0 Å². The van der Waals surface area contributed by atoms with Crippen LogP contribution in [-0.2, 0) is 0 Å². The van der Waals surface area contributed by atoms with E-state index in [1.807, 2.05) is 0 Å². The summed E-state index contributed by atoms with van der Waals surface area (Å²) >= 11 is 2.38. The zero-order valence-corrected chi connectivity index (χ0v) is 6.23. The van der Waals surface area contributed by atoms with E-state index in [4.69, 9.17) is 0 Å². The van der Waals surface area contributed by atoms with Gasteiger partial charge in [0.05, 0.1) is 4.05 Å². The third-order valence-electron chi connectivity index (χ3n) is 0.991. The summed E-state index contributed by atoms with van der Waals surface area (Å²) in [5.41, 5.74) is 0. The van der Waals surface area contributed by atoms with Crippen molar-refractivity contribution < 1.29 is 0 Å². The molecule has 1 aliphatic heterocycles. The van der Waals surface area contributed by atoms with Crippen LogP contribution >= 0.6 is 22.6 Å². The smallest absolute Gasteiger partial charge is 0.0720 e. The Balaban J connectivity index is 2.12. The summed E-state index contributed by atoms with van der Waals surface area (Å²) in [6.07, 6.45) is 0. The van der Waals surface area contributed by atoms with Crippen molar-refractivity contribution in [2.24, 2.45) is 0 Å². The molecule has 42 valence electrons. The van der Waals surface area contributed by atoms with Crippen LogP contribution in [-0.4, -0.2) is 23.7 Å². The van der Waals surface area contributed by atoms with Gasteiger partial charge in [0.25, 0.3) is 0 Å². The molecule has 1 saturated heterocycles. The summed E-state index contributed by atoms with van der Waals surface area (Å²) in [5.74, 6) is 0. The Hall–Kier alpha value is 0.650. The van der Waals surface area contributed by atoms with Gasteiger partial charge in [0.1, 0.15) is 0 Å². The van der Waals surface area contributed by atoms with Gasteiger partial charge in [-0.1, -0.05) is 22.6 Å². The lowest BCUT2D eigenvalue weighted by molar-refractivity contribution is 0.520. The minimum atomic E-state index is 0.645. The first-order valence-electron chi connectivity index (χ1n) is 2.48. The van der Waals surface area contributed by atoms with Gasteiger partial charge in [0, 0.05) is 19.6 Å². The predicted octanol–water partition coefficient (Wildman–Crippen LogP) is -0.0597. The Morgan fingerprint density at radius 1 is 1.43 bits per heavy atom. The first-order valence-corrected chi connectivity index (χ1v) is 3.72. The maximum Gasteiger partial charge on any atom is 0.0720 e. The summed E-state index contributed by atoms with van der Waals surface area (Å²) in [5, 5.41) is 6.57. The topological polar surface area (TPSA) is 24.1 Å². The molecule has 0 saturated carbocycles. The molecular formula is C4H9IN2. The first-order chi connectivity index (χ1) is 3.39. The molecule has 0 spiro atoms. The number of nitrogens with one attached hydrogen (secondary N) is 2. The fourth-order valence-electron chi connectivity index (χ4n) is 0.618. The molecule has 2 N–H and O–H groups in total. The maximum absolute atomic E-state index is 3.31. The Morgan fingerprint density at radius 2 is 2.29 bits per heavy atom. The van der Waals surface area contributed by atoms with Crippen molar-refractivity contribution in [2.75, 3.05) is 19.6 Å². The average Bonchev–Trinajstić information content (AvgIpc) is 1.69. The molecule has 1 atom stereocenters. The van der Waals surface area contributed by atoms with Gasteiger partial charge in [-0.2, -0.15) is 0 Å². The molecule has 7 heavy (non-hydrogen) atoms. The molecule has 0 aliphatic carbocycles. The van der Waals surface area contributed by atoms with Crippen molar-refractivity contribution in [1.29, 1.82) is 0 Å². The summed E-state index contributed by atoms with van der Waals surface area (Å²) in [6, 6.07) is 0. The predicted molar refractivity (Wildman–Crippen MR) is 38.7 cm³/mol. The second-order valence-corrected chi connectivity index (χ2v) is 3.13. The summed E-state index contributed by atoms with van der Waals surface area (Å²) in [7, 11) is 0. The molecule has 0 unspecified atom stereocenters. The van der Waals surface area contributed by atoms with E-state index in [1.54, 1.807) is 0 Å². The Kier molecular flexibility index (Phi) is 2.34. The fourth-order valence-corrected chi connectivity index (χ4v) is 1.24. The minimum absolute atomic E-state index is 0.645. The molecule has 0 aromatic rings. The first kappa shape index (κ1) is 5.78. The quantitative estimate of drug-likeness (QED) is 0.334. The Labute approximate surface area is 57.2 Å². The van der Waals surface area contributed by atoms with Crippen molar-refractivity contribution >= 4 is 22.6 Å². The van der Waals surface area contributed by atoms with Gasteiger partial charge in [-0.15, -0.1) is 0 Å². The second kappa shape index (κ2) is 2.84. The van der Waals surface area contributed by atoms with Gasteiger partial charge in [0.15, 0.2) is 0 Å². The van der Waals surface area contributed by atoms with Crippen LogP contribution in [0, 0.1) is 0 Å². The van der Waals surface area contributed by atoms with Crippen LogP contribution in [0.4, 0.5) is 0 Å². The third kappa shape index (κ3) is 1.92. The Bertz CT molecular complexity index is 51.7. The van der Waals surface area contributed by atoms with Crippen LogP contribution in [0.1, 0.15) is 0 Å². The standard InChI is InChI=1S/C4H9IN2/c5-4-3-6-1-2-7-4/h4,6-7H,1-3H2/t4-/m1/s1. The highest BCUT2D eigenvalue weighted by Gasteiger charge is 2.04. The molecule has 2 nitrogen and oxygen atoms in total. The van der Waals surface area contributed by atoms with Crippen LogP contribution in [0.3, 0.4) is 0 Å². The zero-order chi connectivity index (χ0) is 5.11. The van der Waals surface area contributed by atoms with E-state index in [-0.39, 0.29) is 0 Å². The highest BCUT2D eigenvalue weighted by atomic mass is 127. The van der Waals surface area contributed by atoms with E-state index in [1.165, 1.54) is 0 Å². The molecule has 0 bridgehead atoms. The second-order valence-electron chi connectivity index (χ2n) is 1.63. The number of alkyl halides is 1. The summed E-state index contributed by atoms with van der Waals surface area (Å²) in [6.45, 7) is 3.35. The van der Waals surface area contributed by atoms with Crippen LogP contribution in [0.5, 0.6) is 0 Å². The van der Waals surface area contributed by atoms with Crippen LogP contribution in [0.25, 0.3) is 0 Å². The van der Waals surface area contributed by atoms with E-state index in [2.05, 4.69) is 33.2 Å². The van der Waals surface area contributed by atoms with E-state index in [9.17, 15) is 0 Å². The molecule has 1 heterocycles. The van der Waals surface area contributed by atoms with Gasteiger partial charge < -0.3 is 10.6 Å². The van der Waals surface area contributed by atoms with Gasteiger partial charge in [-0.05, 0) is 0 Å². The lowest BCUT2D eigenvalue weighted by atomic mass is 10.4. The molecule has 1 rings (SSSR count). The lowest BCUT2D eigenvalue weighted by Crippen LogP contribution is -2.44. The van der Waals surface area contributed by atoms with Crippen molar-refractivity contribution in [2.45, 2.75) is 4.05 Å². The summed E-state index contributed by atoms with van der Waals surface area (Å²) < 4.78 is 0.645. The molecule has 0 amide bonds. The van der Waals surface area contributed by atoms with Gasteiger partial charge in [-0.25, -0.2) is 0 Å². The summed E-state index contributed by atoms with van der Waals surface area (Å²) in [4.78, 5) is 0. The van der Waals surface area contributed by atoms with E-state index in [0.717, 1.165) is 19.6 Å². The van der Waals surface area contributed by atoms with Gasteiger partial charge in [0.2, 0.25) is 0 Å². The van der Waals surface area contributed by atoms with Crippen molar-refractivity contribution in [3.63, 3.8) is 0 Å². The number of halogens is 1. The van der Waals surface area contributed by atoms with Crippen molar-refractivity contribution in [1.82, 2.24) is 10.6 Å². The minimum Gasteiger partial charge on any atom is -0.313 e. The van der Waals surface area contributed by atoms with Gasteiger partial charge in [-0.3, -0.25) is 0 Å². The average molecular weight is 212 g/mol. The van der Waals surface area contributed by atoms with E-state index < -0.39 is 0 Å². The molecule has 3 heteroatoms. The third-order valence-corrected chi connectivity index (χ3v) is 1.87. The molecular weight excluding hydrogens is 203 g/mol. The molecule has 1 fully saturated rings. The maximum atomic E-state index is 3.31. The molecule has 0 radical (unpaired) electrons. The lowest BCUT2D eigenvalue weighted by Gasteiger charge is -2.18.